The Kier molecular flexibility index (Phi) is 4.88. The molecule has 7 nitrogen and oxygen atoms in total. The summed E-state index contributed by atoms with van der Waals surface area (Å²) in [6.45, 7) is 1.40. The predicted molar refractivity (Wildman–Crippen MR) is 97.5 cm³/mol. The largest absolute Gasteiger partial charge is 0.508 e. The van der Waals surface area contributed by atoms with Gasteiger partial charge in [0.2, 0.25) is 0 Å². The van der Waals surface area contributed by atoms with Crippen molar-refractivity contribution in [3.8, 4) is 5.75 Å². The Hall–Kier alpha value is -3.35. The van der Waals surface area contributed by atoms with Gasteiger partial charge in [0.25, 0.3) is 0 Å². The van der Waals surface area contributed by atoms with Crippen LogP contribution in [0.4, 0.5) is 10.5 Å². The lowest BCUT2D eigenvalue weighted by molar-refractivity contribution is -0.111. The minimum absolute atomic E-state index is 0.148. The molecule has 1 aliphatic rings. The maximum absolute atomic E-state index is 12.2. The zero-order valence-corrected chi connectivity index (χ0v) is 14.4. The van der Waals surface area contributed by atoms with E-state index in [1.54, 1.807) is 24.3 Å². The third-order valence-electron chi connectivity index (χ3n) is 4.11. The van der Waals surface area contributed by atoms with Gasteiger partial charge in [0.05, 0.1) is 7.11 Å². The van der Waals surface area contributed by atoms with Crippen molar-refractivity contribution in [1.29, 1.82) is 0 Å². The summed E-state index contributed by atoms with van der Waals surface area (Å²) in [6.07, 6.45) is -1.49. The molecule has 134 valence electrons. The first-order valence-corrected chi connectivity index (χ1v) is 8.07. The van der Waals surface area contributed by atoms with Gasteiger partial charge < -0.3 is 15.2 Å². The van der Waals surface area contributed by atoms with Gasteiger partial charge in [-0.3, -0.25) is 15.1 Å². The molecule has 0 saturated carbocycles. The lowest BCUT2D eigenvalue weighted by atomic mass is 9.97. The molecule has 1 heterocycles. The van der Waals surface area contributed by atoms with Crippen molar-refractivity contribution in [3.63, 3.8) is 0 Å². The van der Waals surface area contributed by atoms with Gasteiger partial charge in [0, 0.05) is 18.2 Å². The molecule has 3 N–H and O–H groups in total. The van der Waals surface area contributed by atoms with Crippen LogP contribution in [-0.4, -0.2) is 36.0 Å². The number of alkyl carbamates (subject to hydrolysis) is 1. The number of carbonyl (C=O) groups excluding carboxylic acids is 2. The molecule has 3 rings (SSSR count). The third-order valence-corrected chi connectivity index (χ3v) is 4.11. The molecule has 1 amide bonds. The molecule has 7 heteroatoms. The van der Waals surface area contributed by atoms with E-state index >= 15 is 0 Å². The first-order valence-electron chi connectivity index (χ1n) is 8.07. The average molecular weight is 353 g/mol. The number of fused-ring (bicyclic) bond motifs is 1. The number of ketones is 1. The summed E-state index contributed by atoms with van der Waals surface area (Å²) in [6, 6.07) is 13.7. The molecule has 1 unspecified atom stereocenters. The molecule has 0 spiro atoms. The van der Waals surface area contributed by atoms with Crippen LogP contribution in [-0.2, 0) is 9.53 Å². The highest BCUT2D eigenvalue weighted by Crippen LogP contribution is 2.35. The van der Waals surface area contributed by atoms with Crippen LogP contribution in [0.25, 0.3) is 0 Å². The minimum atomic E-state index is -0.816. The SMILES string of the molecule is COC(=O)NC1Nc2ccccc2[C@H](c2ccc(O)cc2)N=C1C(C)=O. The number of methoxy groups -OCH3 is 1. The van der Waals surface area contributed by atoms with Crippen LogP contribution in [0.3, 0.4) is 0 Å². The second kappa shape index (κ2) is 7.26. The number of phenolic OH excluding ortho intramolecular Hbond substituents is 1. The highest BCUT2D eigenvalue weighted by atomic mass is 16.5. The number of Topliss-reactive ketones (excluding diaryl/α,β-unsaturated/α-hetero) is 1. The second-order valence-corrected chi connectivity index (χ2v) is 5.87. The third kappa shape index (κ3) is 3.51. The van der Waals surface area contributed by atoms with Crippen LogP contribution in [0.2, 0.25) is 0 Å². The fourth-order valence-electron chi connectivity index (χ4n) is 2.86. The number of nitrogens with zero attached hydrogens (tertiary/aromatic N) is 1. The number of rotatable bonds is 3. The first kappa shape index (κ1) is 17.5. The van der Waals surface area contributed by atoms with Crippen LogP contribution >= 0.6 is 0 Å². The Morgan fingerprint density at radius 3 is 2.50 bits per heavy atom. The number of para-hydroxylation sites is 1. The van der Waals surface area contributed by atoms with Crippen molar-refractivity contribution >= 4 is 23.3 Å². The highest BCUT2D eigenvalue weighted by molar-refractivity contribution is 6.41. The maximum Gasteiger partial charge on any atom is 0.408 e. The number of hydrogen-bond acceptors (Lipinski definition) is 6. The van der Waals surface area contributed by atoms with Crippen molar-refractivity contribution < 1.29 is 19.4 Å². The molecular weight excluding hydrogens is 334 g/mol. The molecule has 0 aromatic heterocycles. The molecule has 2 aromatic rings. The molecular formula is C19H19N3O4. The topological polar surface area (TPSA) is 100 Å². The van der Waals surface area contributed by atoms with Crippen molar-refractivity contribution in [1.82, 2.24) is 5.32 Å². The predicted octanol–water partition coefficient (Wildman–Crippen LogP) is 2.62. The quantitative estimate of drug-likeness (QED) is 0.788. The first-order chi connectivity index (χ1) is 12.5. The zero-order chi connectivity index (χ0) is 18.7. The van der Waals surface area contributed by atoms with E-state index in [4.69, 9.17) is 0 Å². The number of aliphatic imine (C=N–C) groups is 1. The second-order valence-electron chi connectivity index (χ2n) is 5.87. The van der Waals surface area contributed by atoms with Gasteiger partial charge >= 0.3 is 6.09 Å². The van der Waals surface area contributed by atoms with Gasteiger partial charge in [-0.15, -0.1) is 0 Å². The number of anilines is 1. The van der Waals surface area contributed by atoms with E-state index in [1.807, 2.05) is 24.3 Å². The number of benzene rings is 2. The Bertz CT molecular complexity index is 861. The van der Waals surface area contributed by atoms with Gasteiger partial charge in [0.15, 0.2) is 5.78 Å². The van der Waals surface area contributed by atoms with Gasteiger partial charge in [-0.25, -0.2) is 4.79 Å². The van der Waals surface area contributed by atoms with Crippen molar-refractivity contribution in [2.45, 2.75) is 19.1 Å². The number of hydrogen-bond donors (Lipinski definition) is 3. The maximum atomic E-state index is 12.2. The van der Waals surface area contributed by atoms with E-state index in [0.29, 0.717) is 0 Å². The van der Waals surface area contributed by atoms with Crippen LogP contribution in [0.5, 0.6) is 5.75 Å². The van der Waals surface area contributed by atoms with Crippen LogP contribution in [0.1, 0.15) is 24.1 Å². The van der Waals surface area contributed by atoms with Crippen LogP contribution < -0.4 is 10.6 Å². The van der Waals surface area contributed by atoms with Crippen LogP contribution in [0.15, 0.2) is 53.5 Å². The normalized spacial score (nSPS) is 18.6. The number of nitrogens with one attached hydrogen (secondary N) is 2. The summed E-state index contributed by atoms with van der Waals surface area (Å²) in [5, 5.41) is 15.3. The number of ether oxygens (including phenoxy) is 1. The Balaban J connectivity index is 2.13. The lowest BCUT2D eigenvalue weighted by Gasteiger charge is -2.19. The molecule has 0 saturated heterocycles. The smallest absolute Gasteiger partial charge is 0.408 e. The summed E-state index contributed by atoms with van der Waals surface area (Å²) in [5.41, 5.74) is 2.59. The average Bonchev–Trinajstić information content (AvgIpc) is 2.79. The van der Waals surface area contributed by atoms with Crippen molar-refractivity contribution in [2.75, 3.05) is 12.4 Å². The molecule has 0 aliphatic carbocycles. The highest BCUT2D eigenvalue weighted by Gasteiger charge is 2.30. The molecule has 2 aromatic carbocycles. The van der Waals surface area contributed by atoms with Gasteiger partial charge in [0.1, 0.15) is 23.7 Å². The molecule has 0 radical (unpaired) electrons. The van der Waals surface area contributed by atoms with Crippen molar-refractivity contribution in [3.05, 3.63) is 59.7 Å². The fraction of sp³-hybridized carbons (Fsp3) is 0.211. The molecule has 0 fully saturated rings. The summed E-state index contributed by atoms with van der Waals surface area (Å²) < 4.78 is 4.65. The molecule has 26 heavy (non-hydrogen) atoms. The Morgan fingerprint density at radius 2 is 1.85 bits per heavy atom. The van der Waals surface area contributed by atoms with Gasteiger partial charge in [-0.2, -0.15) is 0 Å². The summed E-state index contributed by atoms with van der Waals surface area (Å²) in [5.74, 6) is -0.120. The lowest BCUT2D eigenvalue weighted by Crippen LogP contribution is -2.48. The standard InChI is InChI=1S/C19H19N3O4/c1-11(23)16-18(22-19(25)26-2)20-15-6-4-3-5-14(15)17(21-16)12-7-9-13(24)10-8-12/h3-10,17-18,20,24H,1-2H3,(H,22,25)/t17-,18?/m0/s1. The molecule has 1 aliphatic heterocycles. The molecule has 2 atom stereocenters. The van der Waals surface area contributed by atoms with E-state index in [2.05, 4.69) is 20.4 Å². The van der Waals surface area contributed by atoms with Crippen molar-refractivity contribution in [2.24, 2.45) is 4.99 Å². The zero-order valence-electron chi connectivity index (χ0n) is 14.4. The monoisotopic (exact) mass is 353 g/mol. The molecule has 0 bridgehead atoms. The minimum Gasteiger partial charge on any atom is -0.508 e. The summed E-state index contributed by atoms with van der Waals surface area (Å²) in [4.78, 5) is 28.5. The van der Waals surface area contributed by atoms with E-state index in [9.17, 15) is 14.7 Å². The van der Waals surface area contributed by atoms with Gasteiger partial charge in [-0.1, -0.05) is 30.3 Å². The Morgan fingerprint density at radius 1 is 1.15 bits per heavy atom. The number of carbonyl (C=O) groups is 2. The van der Waals surface area contributed by atoms with E-state index in [0.717, 1.165) is 16.8 Å². The van der Waals surface area contributed by atoms with Crippen LogP contribution in [0, 0.1) is 0 Å². The van der Waals surface area contributed by atoms with E-state index < -0.39 is 18.3 Å². The van der Waals surface area contributed by atoms with Gasteiger partial charge in [-0.05, 0) is 23.8 Å². The summed E-state index contributed by atoms with van der Waals surface area (Å²) >= 11 is 0. The number of aromatic hydroxyl groups is 1. The Labute approximate surface area is 150 Å². The van der Waals surface area contributed by atoms with E-state index in [-0.39, 0.29) is 17.2 Å². The number of amides is 1. The number of phenols is 1. The van der Waals surface area contributed by atoms with E-state index in [1.165, 1.54) is 14.0 Å². The summed E-state index contributed by atoms with van der Waals surface area (Å²) in [7, 11) is 1.25. The fourth-order valence-corrected chi connectivity index (χ4v) is 2.86.